The average Bonchev–Trinajstić information content (AvgIpc) is 2.31. The van der Waals surface area contributed by atoms with Gasteiger partial charge in [-0.2, -0.15) is 0 Å². The number of hydrogen-bond donors (Lipinski definition) is 2. The fraction of sp³-hybridized carbons (Fsp3) is 0.875. The van der Waals surface area contributed by atoms with Crippen LogP contribution in [0.5, 0.6) is 0 Å². The van der Waals surface area contributed by atoms with Crippen molar-refractivity contribution in [2.75, 3.05) is 19.6 Å². The number of nitrogens with zero attached hydrogens (tertiary/aromatic N) is 1. The standard InChI is InChI=1S/C8H14N2O2/c11-7-3-6-4-9-8(12)1-2-10(6)5-7/h6-7,11H,1-5H2,(H,9,12)/p+1. The van der Waals surface area contributed by atoms with E-state index in [1.54, 1.807) is 5.32 Å². The summed E-state index contributed by atoms with van der Waals surface area (Å²) in [4.78, 5) is 13.3. The van der Waals surface area contributed by atoms with Crippen LogP contribution in [0, 0.1) is 0 Å². The number of aliphatic hydroxyl groups is 1. The van der Waals surface area contributed by atoms with Crippen LogP contribution in [0.15, 0.2) is 0 Å². The second-order valence-corrected chi connectivity index (χ2v) is 3.69. The Hall–Kier alpha value is -0.450. The molecule has 2 rings (SSSR count). The van der Waals surface area contributed by atoms with Gasteiger partial charge < -0.3 is 5.11 Å². The van der Waals surface area contributed by atoms with Crippen LogP contribution in [0.25, 0.3) is 0 Å². The predicted molar refractivity (Wildman–Crippen MR) is 42.4 cm³/mol. The molecule has 2 unspecified atom stereocenters. The van der Waals surface area contributed by atoms with Gasteiger partial charge in [0.05, 0.1) is 25.1 Å². The van der Waals surface area contributed by atoms with Gasteiger partial charge in [0.15, 0.2) is 0 Å². The zero-order valence-electron chi connectivity index (χ0n) is 7.07. The smallest absolute Gasteiger partial charge is 0.311 e. The van der Waals surface area contributed by atoms with E-state index >= 15 is 0 Å². The van der Waals surface area contributed by atoms with E-state index in [0.29, 0.717) is 12.5 Å². The molecular formula is C8H15N2O2+. The molecule has 0 aromatic heterocycles. The van der Waals surface area contributed by atoms with E-state index in [1.165, 1.54) is 0 Å². The summed E-state index contributed by atoms with van der Waals surface area (Å²) in [5, 5.41) is 11.2. The zero-order valence-corrected chi connectivity index (χ0v) is 7.07. The molecule has 68 valence electrons. The van der Waals surface area contributed by atoms with Gasteiger partial charge >= 0.3 is 5.91 Å². The summed E-state index contributed by atoms with van der Waals surface area (Å²) in [5.74, 6) is 0.263. The number of rotatable bonds is 0. The third kappa shape index (κ3) is 1.50. The van der Waals surface area contributed by atoms with E-state index in [-0.39, 0.29) is 12.0 Å². The van der Waals surface area contributed by atoms with Crippen molar-refractivity contribution in [3.8, 4) is 0 Å². The Bertz CT molecular complexity index is 177. The summed E-state index contributed by atoms with van der Waals surface area (Å²) >= 11 is 0. The molecule has 2 fully saturated rings. The second kappa shape index (κ2) is 3.12. The Kier molecular flexibility index (Phi) is 2.12. The van der Waals surface area contributed by atoms with Crippen molar-refractivity contribution in [3.63, 3.8) is 0 Å². The molecular weight excluding hydrogens is 156 g/mol. The zero-order chi connectivity index (χ0) is 8.55. The summed E-state index contributed by atoms with van der Waals surface area (Å²) in [6, 6.07) is 0.423. The normalized spacial score (nSPS) is 37.9. The lowest BCUT2D eigenvalue weighted by Gasteiger charge is -2.17. The van der Waals surface area contributed by atoms with Crippen LogP contribution < -0.4 is 5.32 Å². The number of primary amides is 1. The first-order valence-corrected chi connectivity index (χ1v) is 4.54. The monoisotopic (exact) mass is 171 g/mol. The Morgan fingerprint density at radius 3 is 3.25 bits per heavy atom. The molecule has 3 N–H and O–H groups in total. The topological polar surface area (TPSA) is 57.2 Å². The van der Waals surface area contributed by atoms with Crippen molar-refractivity contribution in [1.82, 2.24) is 4.90 Å². The molecule has 2 aliphatic heterocycles. The first-order chi connectivity index (χ1) is 5.75. The van der Waals surface area contributed by atoms with Gasteiger partial charge in [0.1, 0.15) is 0 Å². The minimum absolute atomic E-state index is 0.170. The van der Waals surface area contributed by atoms with Crippen LogP contribution in [0.2, 0.25) is 0 Å². The van der Waals surface area contributed by atoms with Crippen molar-refractivity contribution in [2.24, 2.45) is 0 Å². The molecule has 2 saturated heterocycles. The predicted octanol–water partition coefficient (Wildman–Crippen LogP) is -2.08. The number of amides is 1. The fourth-order valence-corrected chi connectivity index (χ4v) is 2.10. The minimum Gasteiger partial charge on any atom is -0.392 e. The van der Waals surface area contributed by atoms with Gasteiger partial charge in [0.25, 0.3) is 0 Å². The highest BCUT2D eigenvalue weighted by atomic mass is 16.3. The van der Waals surface area contributed by atoms with Crippen LogP contribution in [0.1, 0.15) is 12.8 Å². The molecule has 0 aromatic rings. The number of carbonyl (C=O) groups excluding carboxylic acids is 1. The molecule has 2 heterocycles. The molecule has 0 radical (unpaired) electrons. The van der Waals surface area contributed by atoms with Crippen molar-refractivity contribution in [3.05, 3.63) is 0 Å². The highest BCUT2D eigenvalue weighted by Crippen LogP contribution is 2.17. The molecule has 2 aliphatic rings. The Morgan fingerprint density at radius 2 is 2.42 bits per heavy atom. The Morgan fingerprint density at radius 1 is 1.58 bits per heavy atom. The fourth-order valence-electron chi connectivity index (χ4n) is 2.10. The van der Waals surface area contributed by atoms with Crippen LogP contribution in [0.4, 0.5) is 0 Å². The third-order valence-corrected chi connectivity index (χ3v) is 2.77. The van der Waals surface area contributed by atoms with E-state index < -0.39 is 0 Å². The molecule has 0 spiro atoms. The molecule has 0 bridgehead atoms. The number of carbonyl (C=O) groups is 1. The highest BCUT2D eigenvalue weighted by molar-refractivity contribution is 5.65. The summed E-state index contributed by atoms with van der Waals surface area (Å²) in [6.45, 7) is 2.42. The molecule has 12 heavy (non-hydrogen) atoms. The van der Waals surface area contributed by atoms with Crippen molar-refractivity contribution >= 4 is 5.91 Å². The summed E-state index contributed by atoms with van der Waals surface area (Å²) in [5.41, 5.74) is 0. The number of fused-ring (bicyclic) bond motifs is 1. The van der Waals surface area contributed by atoms with Crippen molar-refractivity contribution < 1.29 is 15.2 Å². The molecule has 4 nitrogen and oxygen atoms in total. The SMILES string of the molecule is O=C1CCN2CC(O)CC2C[NH2+]1. The van der Waals surface area contributed by atoms with E-state index in [2.05, 4.69) is 4.90 Å². The quantitative estimate of drug-likeness (QED) is 0.439. The molecule has 4 heteroatoms. The minimum atomic E-state index is -0.170. The maximum atomic E-state index is 11.1. The molecule has 2 atom stereocenters. The lowest BCUT2D eigenvalue weighted by atomic mass is 10.2. The summed E-state index contributed by atoms with van der Waals surface area (Å²) < 4.78 is 0. The molecule has 0 saturated carbocycles. The van der Waals surface area contributed by atoms with Gasteiger partial charge in [0, 0.05) is 13.1 Å². The number of aliphatic hydroxyl groups excluding tert-OH is 1. The van der Waals surface area contributed by atoms with Gasteiger partial charge in [-0.15, -0.1) is 0 Å². The van der Waals surface area contributed by atoms with Gasteiger partial charge in [-0.1, -0.05) is 0 Å². The van der Waals surface area contributed by atoms with Crippen LogP contribution in [-0.4, -0.2) is 47.7 Å². The van der Waals surface area contributed by atoms with Crippen LogP contribution in [0.3, 0.4) is 0 Å². The maximum absolute atomic E-state index is 11.1. The van der Waals surface area contributed by atoms with E-state index in [1.807, 2.05) is 0 Å². The molecule has 0 aromatic carbocycles. The number of quaternary nitrogens is 1. The average molecular weight is 171 g/mol. The maximum Gasteiger partial charge on any atom is 0.311 e. The van der Waals surface area contributed by atoms with E-state index in [9.17, 15) is 9.90 Å². The van der Waals surface area contributed by atoms with Gasteiger partial charge in [-0.25, -0.2) is 4.79 Å². The van der Waals surface area contributed by atoms with Crippen molar-refractivity contribution in [2.45, 2.75) is 25.0 Å². The Labute approximate surface area is 71.5 Å². The van der Waals surface area contributed by atoms with E-state index in [0.717, 1.165) is 26.1 Å². The Balaban J connectivity index is 2.00. The largest absolute Gasteiger partial charge is 0.392 e. The lowest BCUT2D eigenvalue weighted by molar-refractivity contribution is -0.570. The third-order valence-electron chi connectivity index (χ3n) is 2.77. The number of nitrogens with two attached hydrogens (primary N) is 1. The first-order valence-electron chi connectivity index (χ1n) is 4.54. The van der Waals surface area contributed by atoms with Crippen LogP contribution in [-0.2, 0) is 4.79 Å². The summed E-state index contributed by atoms with van der Waals surface area (Å²) in [6.07, 6.45) is 1.30. The number of hydrogen-bond acceptors (Lipinski definition) is 3. The van der Waals surface area contributed by atoms with Crippen molar-refractivity contribution in [1.29, 1.82) is 0 Å². The second-order valence-electron chi connectivity index (χ2n) is 3.69. The van der Waals surface area contributed by atoms with Gasteiger partial charge in [0.2, 0.25) is 0 Å². The molecule has 0 aliphatic carbocycles. The highest BCUT2D eigenvalue weighted by Gasteiger charge is 2.34. The lowest BCUT2D eigenvalue weighted by Crippen LogP contribution is -2.89. The first kappa shape index (κ1) is 8.16. The van der Waals surface area contributed by atoms with E-state index in [4.69, 9.17) is 0 Å². The van der Waals surface area contributed by atoms with Gasteiger partial charge in [-0.05, 0) is 6.42 Å². The van der Waals surface area contributed by atoms with Crippen LogP contribution >= 0.6 is 0 Å². The van der Waals surface area contributed by atoms with Gasteiger partial charge in [-0.3, -0.25) is 10.2 Å². The summed E-state index contributed by atoms with van der Waals surface area (Å²) in [7, 11) is 0. The molecule has 1 amide bonds.